The number of benzene rings is 1. The van der Waals surface area contributed by atoms with Gasteiger partial charge in [0, 0.05) is 6.54 Å². The minimum atomic E-state index is -1.14. The van der Waals surface area contributed by atoms with Crippen LogP contribution in [0.4, 0.5) is 8.78 Å². The molecule has 0 fully saturated rings. The lowest BCUT2D eigenvalue weighted by molar-refractivity contribution is 0.165. The van der Waals surface area contributed by atoms with Crippen LogP contribution in [-0.4, -0.2) is 18.2 Å². The Kier molecular flexibility index (Phi) is 6.83. The molecule has 4 heteroatoms. The first-order chi connectivity index (χ1) is 8.66. The van der Waals surface area contributed by atoms with Gasteiger partial charge in [-0.3, -0.25) is 0 Å². The number of hydrogen-bond acceptors (Lipinski definition) is 2. The van der Waals surface area contributed by atoms with E-state index in [1.54, 1.807) is 0 Å². The van der Waals surface area contributed by atoms with Gasteiger partial charge in [-0.2, -0.15) is 0 Å². The maximum absolute atomic E-state index is 13.3. The highest BCUT2D eigenvalue weighted by Gasteiger charge is 2.16. The number of aliphatic hydroxyl groups excluding tert-OH is 1. The highest BCUT2D eigenvalue weighted by Crippen LogP contribution is 2.19. The fourth-order valence-corrected chi connectivity index (χ4v) is 1.85. The summed E-state index contributed by atoms with van der Waals surface area (Å²) in [6.07, 6.45) is 3.36. The van der Waals surface area contributed by atoms with Gasteiger partial charge in [-0.1, -0.05) is 32.3 Å². The smallest absolute Gasteiger partial charge is 0.131 e. The Bertz CT molecular complexity index is 337. The molecule has 0 bridgehead atoms. The predicted molar refractivity (Wildman–Crippen MR) is 68.3 cm³/mol. The van der Waals surface area contributed by atoms with Crippen LogP contribution in [0.5, 0.6) is 0 Å². The average molecular weight is 257 g/mol. The summed E-state index contributed by atoms with van der Waals surface area (Å²) in [5.41, 5.74) is -0.251. The molecule has 0 radical (unpaired) electrons. The third kappa shape index (κ3) is 4.70. The van der Waals surface area contributed by atoms with Gasteiger partial charge in [0.2, 0.25) is 0 Å². The first kappa shape index (κ1) is 15.1. The largest absolute Gasteiger partial charge is 0.387 e. The van der Waals surface area contributed by atoms with Crippen LogP contribution in [0, 0.1) is 11.6 Å². The van der Waals surface area contributed by atoms with E-state index in [1.165, 1.54) is 18.9 Å². The van der Waals surface area contributed by atoms with Crippen molar-refractivity contribution >= 4 is 0 Å². The van der Waals surface area contributed by atoms with Crippen LogP contribution >= 0.6 is 0 Å². The third-order valence-electron chi connectivity index (χ3n) is 2.88. The quantitative estimate of drug-likeness (QED) is 0.701. The van der Waals surface area contributed by atoms with Crippen LogP contribution in [0.3, 0.4) is 0 Å². The number of unbranched alkanes of at least 4 members (excludes halogenated alkanes) is 3. The van der Waals surface area contributed by atoms with E-state index in [2.05, 4.69) is 12.2 Å². The summed E-state index contributed by atoms with van der Waals surface area (Å²) in [4.78, 5) is 0. The molecule has 0 heterocycles. The molecule has 0 aliphatic carbocycles. The van der Waals surface area contributed by atoms with Gasteiger partial charge in [0.25, 0.3) is 0 Å². The lowest BCUT2D eigenvalue weighted by atomic mass is 10.1. The lowest BCUT2D eigenvalue weighted by Gasteiger charge is -2.13. The SMILES string of the molecule is CCCCCCNCC(O)c1c(F)cccc1F. The van der Waals surface area contributed by atoms with Crippen molar-refractivity contribution in [2.45, 2.75) is 38.7 Å². The molecule has 2 N–H and O–H groups in total. The molecule has 0 amide bonds. The van der Waals surface area contributed by atoms with Crippen molar-refractivity contribution in [1.82, 2.24) is 5.32 Å². The zero-order chi connectivity index (χ0) is 13.4. The minimum absolute atomic E-state index is 0.171. The van der Waals surface area contributed by atoms with Crippen LogP contribution < -0.4 is 5.32 Å². The molecule has 102 valence electrons. The van der Waals surface area contributed by atoms with E-state index < -0.39 is 17.7 Å². The Balaban J connectivity index is 2.34. The molecule has 18 heavy (non-hydrogen) atoms. The molecule has 0 saturated carbocycles. The van der Waals surface area contributed by atoms with Gasteiger partial charge in [-0.25, -0.2) is 8.78 Å². The molecule has 0 aliphatic heterocycles. The molecular weight excluding hydrogens is 236 g/mol. The Labute approximate surface area is 107 Å². The van der Waals surface area contributed by atoms with E-state index in [1.807, 2.05) is 0 Å². The van der Waals surface area contributed by atoms with Crippen molar-refractivity contribution < 1.29 is 13.9 Å². The van der Waals surface area contributed by atoms with E-state index in [4.69, 9.17) is 0 Å². The zero-order valence-corrected chi connectivity index (χ0v) is 10.8. The van der Waals surface area contributed by atoms with Crippen LogP contribution in [0.25, 0.3) is 0 Å². The summed E-state index contributed by atoms with van der Waals surface area (Å²) < 4.78 is 26.7. The second kappa shape index (κ2) is 8.16. The van der Waals surface area contributed by atoms with Crippen molar-refractivity contribution in [3.05, 3.63) is 35.4 Å². The van der Waals surface area contributed by atoms with Gasteiger partial charge >= 0.3 is 0 Å². The third-order valence-corrected chi connectivity index (χ3v) is 2.88. The van der Waals surface area contributed by atoms with Crippen LogP contribution in [0.2, 0.25) is 0 Å². The fourth-order valence-electron chi connectivity index (χ4n) is 1.85. The summed E-state index contributed by atoms with van der Waals surface area (Å²) in [5.74, 6) is -1.40. The van der Waals surface area contributed by atoms with Gasteiger partial charge in [0.05, 0.1) is 11.7 Å². The van der Waals surface area contributed by atoms with E-state index in [9.17, 15) is 13.9 Å². The molecule has 1 rings (SSSR count). The number of nitrogens with one attached hydrogen (secondary N) is 1. The van der Waals surface area contributed by atoms with Crippen molar-refractivity contribution in [2.24, 2.45) is 0 Å². The van der Waals surface area contributed by atoms with Gasteiger partial charge in [0.15, 0.2) is 0 Å². The summed E-state index contributed by atoms with van der Waals surface area (Å²) in [6, 6.07) is 3.60. The molecule has 1 aromatic rings. The van der Waals surface area contributed by atoms with Crippen LogP contribution in [0.15, 0.2) is 18.2 Å². The first-order valence-electron chi connectivity index (χ1n) is 6.49. The van der Waals surface area contributed by atoms with Gasteiger partial charge < -0.3 is 10.4 Å². The van der Waals surface area contributed by atoms with Gasteiger partial charge in [-0.05, 0) is 25.1 Å². The maximum atomic E-state index is 13.3. The van der Waals surface area contributed by atoms with E-state index >= 15 is 0 Å². The highest BCUT2D eigenvalue weighted by atomic mass is 19.1. The van der Waals surface area contributed by atoms with E-state index in [0.29, 0.717) is 0 Å². The standard InChI is InChI=1S/C14H21F2NO/c1-2-3-4-5-9-17-10-13(18)14-11(15)7-6-8-12(14)16/h6-8,13,17-18H,2-5,9-10H2,1H3. The summed E-state index contributed by atoms with van der Waals surface area (Å²) in [6.45, 7) is 3.06. The van der Waals surface area contributed by atoms with E-state index in [0.717, 1.165) is 31.5 Å². The average Bonchev–Trinajstić information content (AvgIpc) is 2.33. The monoisotopic (exact) mass is 257 g/mol. The summed E-state index contributed by atoms with van der Waals surface area (Å²) in [7, 11) is 0. The highest BCUT2D eigenvalue weighted by molar-refractivity contribution is 5.22. The topological polar surface area (TPSA) is 32.3 Å². The molecule has 0 aliphatic rings. The molecule has 0 spiro atoms. The molecule has 1 atom stereocenters. The normalized spacial score (nSPS) is 12.7. The first-order valence-corrected chi connectivity index (χ1v) is 6.49. The Hall–Kier alpha value is -1.00. The number of aliphatic hydroxyl groups is 1. The fraction of sp³-hybridized carbons (Fsp3) is 0.571. The Morgan fingerprint density at radius 3 is 2.44 bits per heavy atom. The van der Waals surface area contributed by atoms with Gasteiger partial charge in [-0.15, -0.1) is 0 Å². The van der Waals surface area contributed by atoms with Crippen LogP contribution in [-0.2, 0) is 0 Å². The number of halogens is 2. The van der Waals surface area contributed by atoms with Crippen molar-refractivity contribution in [2.75, 3.05) is 13.1 Å². The molecule has 1 unspecified atom stereocenters. The number of hydrogen-bond donors (Lipinski definition) is 2. The Morgan fingerprint density at radius 2 is 1.83 bits per heavy atom. The molecular formula is C14H21F2NO. The van der Waals surface area contributed by atoms with Crippen LogP contribution in [0.1, 0.15) is 44.3 Å². The molecule has 0 saturated heterocycles. The zero-order valence-electron chi connectivity index (χ0n) is 10.8. The predicted octanol–water partition coefficient (Wildman–Crippen LogP) is 3.17. The number of rotatable bonds is 8. The van der Waals surface area contributed by atoms with Crippen molar-refractivity contribution in [1.29, 1.82) is 0 Å². The summed E-state index contributed by atoms with van der Waals surface area (Å²) in [5, 5.41) is 12.8. The minimum Gasteiger partial charge on any atom is -0.387 e. The second-order valence-corrected chi connectivity index (χ2v) is 4.42. The molecule has 1 aromatic carbocycles. The Morgan fingerprint density at radius 1 is 1.17 bits per heavy atom. The van der Waals surface area contributed by atoms with Crippen molar-refractivity contribution in [3.8, 4) is 0 Å². The van der Waals surface area contributed by atoms with E-state index in [-0.39, 0.29) is 12.1 Å². The summed E-state index contributed by atoms with van der Waals surface area (Å²) >= 11 is 0. The maximum Gasteiger partial charge on any atom is 0.131 e. The van der Waals surface area contributed by atoms with Crippen molar-refractivity contribution in [3.63, 3.8) is 0 Å². The second-order valence-electron chi connectivity index (χ2n) is 4.42. The van der Waals surface area contributed by atoms with Gasteiger partial charge in [0.1, 0.15) is 11.6 Å². The lowest BCUT2D eigenvalue weighted by Crippen LogP contribution is -2.23. The molecule has 0 aromatic heterocycles. The molecule has 2 nitrogen and oxygen atoms in total.